The van der Waals surface area contributed by atoms with Crippen LogP contribution in [-0.4, -0.2) is 92.5 Å². The van der Waals surface area contributed by atoms with E-state index in [0.29, 0.717) is 13.1 Å². The van der Waals surface area contributed by atoms with Crippen molar-refractivity contribution in [3.8, 4) is 32.1 Å². The van der Waals surface area contributed by atoms with Crippen molar-refractivity contribution in [3.63, 3.8) is 0 Å². The molecule has 0 aliphatic carbocycles. The minimum Gasteiger partial charge on any atom is -0.453 e. The van der Waals surface area contributed by atoms with E-state index in [1.54, 1.807) is 22.7 Å². The van der Waals surface area contributed by atoms with Gasteiger partial charge in [0.1, 0.15) is 23.7 Å². The van der Waals surface area contributed by atoms with E-state index in [1.807, 2.05) is 66.2 Å². The maximum absolute atomic E-state index is 14.0. The second kappa shape index (κ2) is 18.1. The highest BCUT2D eigenvalue weighted by atomic mass is 32.1. The van der Waals surface area contributed by atoms with Crippen molar-refractivity contribution in [2.75, 3.05) is 27.3 Å². The van der Waals surface area contributed by atoms with Gasteiger partial charge in [-0.05, 0) is 78.1 Å². The van der Waals surface area contributed by atoms with Gasteiger partial charge in [0, 0.05) is 39.4 Å². The Hall–Kier alpha value is -5.91. The lowest BCUT2D eigenvalue weighted by molar-refractivity contribution is -0.143. The number of aliphatic hydroxyl groups is 1. The van der Waals surface area contributed by atoms with Crippen LogP contribution in [0.25, 0.3) is 52.6 Å². The van der Waals surface area contributed by atoms with Crippen molar-refractivity contribution >= 4 is 61.0 Å². The predicted octanol–water partition coefficient (Wildman–Crippen LogP) is 8.52. The zero-order valence-corrected chi connectivity index (χ0v) is 37.1. The topological polar surface area (TPSA) is 178 Å². The Morgan fingerprint density at radius 2 is 1.43 bits per heavy atom. The summed E-state index contributed by atoms with van der Waals surface area (Å²) in [7, 11) is 2.68. The Labute approximate surface area is 372 Å². The summed E-state index contributed by atoms with van der Waals surface area (Å²) in [6.45, 7) is 5.01. The zero-order chi connectivity index (χ0) is 43.8. The van der Waals surface area contributed by atoms with Crippen LogP contribution in [-0.2, 0) is 19.1 Å². The molecule has 4 aromatic heterocycles. The number of aromatic nitrogens is 4. The molecule has 0 saturated carbocycles. The van der Waals surface area contributed by atoms with Gasteiger partial charge in [-0.2, -0.15) is 0 Å². The van der Waals surface area contributed by atoms with E-state index in [-0.39, 0.29) is 29.8 Å². The van der Waals surface area contributed by atoms with Crippen LogP contribution in [0.2, 0.25) is 0 Å². The maximum atomic E-state index is 14.0. The van der Waals surface area contributed by atoms with Gasteiger partial charge in [0.05, 0.1) is 42.1 Å². The number of likely N-dealkylation sites (tertiary alicyclic amines) is 2. The molecule has 3 amide bonds. The average Bonchev–Trinajstić information content (AvgIpc) is 4.16. The van der Waals surface area contributed by atoms with Crippen molar-refractivity contribution in [2.45, 2.75) is 70.1 Å². The third-order valence-corrected chi connectivity index (χ3v) is 14.5. The van der Waals surface area contributed by atoms with E-state index in [0.717, 1.165) is 76.3 Å². The number of nitrogens with one attached hydrogen (secondary N) is 4. The second-order valence-corrected chi connectivity index (χ2v) is 18.6. The lowest BCUT2D eigenvalue weighted by atomic mass is 10.0. The molecule has 0 bridgehead atoms. The molecule has 3 aromatic carbocycles. The Bertz CT molecular complexity index is 2710. The van der Waals surface area contributed by atoms with E-state index >= 15 is 0 Å². The third kappa shape index (κ3) is 8.61. The number of amides is 3. The molecule has 2 saturated heterocycles. The number of benzene rings is 3. The number of H-pyrrole nitrogens is 2. The molecular formula is C47H50N8O6S2. The molecule has 2 fully saturated rings. The number of fused-ring (bicyclic) bond motifs is 2. The molecule has 9 rings (SSSR count). The number of carbonyl (C=O) groups is 3. The van der Waals surface area contributed by atoms with E-state index in [2.05, 4.69) is 69.1 Å². The number of nitrogens with zero attached hydrogens (tertiary/aromatic N) is 4. The summed E-state index contributed by atoms with van der Waals surface area (Å²) in [5, 5.41) is 15.9. The average molecular weight is 887 g/mol. The van der Waals surface area contributed by atoms with Crippen molar-refractivity contribution < 1.29 is 29.0 Å². The Kier molecular flexibility index (Phi) is 12.2. The number of hydrogen-bond acceptors (Lipinski definition) is 11. The van der Waals surface area contributed by atoms with Gasteiger partial charge in [-0.15, -0.1) is 22.7 Å². The van der Waals surface area contributed by atoms with Crippen LogP contribution in [0.4, 0.5) is 4.79 Å². The van der Waals surface area contributed by atoms with Crippen LogP contribution in [0.5, 0.6) is 0 Å². The molecule has 5 N–H and O–H groups in total. The molecule has 1 unspecified atom stereocenters. The summed E-state index contributed by atoms with van der Waals surface area (Å²) in [6.07, 6.45) is 3.19. The van der Waals surface area contributed by atoms with Crippen molar-refractivity contribution in [3.05, 3.63) is 108 Å². The van der Waals surface area contributed by atoms with Crippen LogP contribution in [0.1, 0.15) is 74.9 Å². The summed E-state index contributed by atoms with van der Waals surface area (Å²) in [4.78, 5) is 62.4. The number of rotatable bonds is 13. The van der Waals surface area contributed by atoms with Gasteiger partial charge in [0.25, 0.3) is 0 Å². The molecule has 14 nitrogen and oxygen atoms in total. The standard InChI is InChI=1S/C47H50N8O6S2/c1-26(2)40(52-46(58)60-3)44(56)55-21-9-13-35(55)43-49-31-19-18-30(22-32(31)50-43)37-24-39-38(63-37)23-36(62-39)28-16-14-27(15-17-28)33-25-48-42(51-33)34-12-8-20-54(34)45(57)41(53-47(59)61-4)29-10-6-5-7-11-29/h5-7,10-11,14-19,22-26,34-35,40-41,47,53,59H,8-9,12-13,20-21H2,1-4H3,(H,48,51)(H,49,50)(H,52,58)/t34-,35-,40-,41+,47?/m0/s1. The van der Waals surface area contributed by atoms with Crippen LogP contribution in [0.15, 0.2) is 91.1 Å². The van der Waals surface area contributed by atoms with Crippen LogP contribution >= 0.6 is 22.7 Å². The van der Waals surface area contributed by atoms with Gasteiger partial charge in [-0.3, -0.25) is 14.9 Å². The van der Waals surface area contributed by atoms with Gasteiger partial charge in [0.2, 0.25) is 18.2 Å². The van der Waals surface area contributed by atoms with E-state index in [1.165, 1.54) is 33.4 Å². The summed E-state index contributed by atoms with van der Waals surface area (Å²) in [5.41, 5.74) is 6.61. The first-order chi connectivity index (χ1) is 30.6. The number of aromatic amines is 2. The Morgan fingerprint density at radius 3 is 2.10 bits per heavy atom. The van der Waals surface area contributed by atoms with Gasteiger partial charge in [0.15, 0.2) is 0 Å². The summed E-state index contributed by atoms with van der Waals surface area (Å²) < 4.78 is 12.3. The fourth-order valence-corrected chi connectivity index (χ4v) is 11.2. The third-order valence-electron chi connectivity index (χ3n) is 12.1. The van der Waals surface area contributed by atoms with Gasteiger partial charge in [-0.25, -0.2) is 14.8 Å². The molecular weight excluding hydrogens is 837 g/mol. The van der Waals surface area contributed by atoms with Crippen molar-refractivity contribution in [1.29, 1.82) is 0 Å². The number of thiophene rings is 2. The molecule has 7 aromatic rings. The Morgan fingerprint density at radius 1 is 0.794 bits per heavy atom. The van der Waals surface area contributed by atoms with E-state index < -0.39 is 24.6 Å². The molecule has 0 radical (unpaired) electrons. The van der Waals surface area contributed by atoms with Gasteiger partial charge < -0.3 is 39.7 Å². The van der Waals surface area contributed by atoms with Crippen LogP contribution in [0, 0.1) is 5.92 Å². The molecule has 2 aliphatic rings. The number of aliphatic hydroxyl groups excluding tert-OH is 1. The monoisotopic (exact) mass is 886 g/mol. The lowest BCUT2D eigenvalue weighted by Gasteiger charge is -2.29. The highest BCUT2D eigenvalue weighted by molar-refractivity contribution is 7.31. The smallest absolute Gasteiger partial charge is 0.407 e. The number of methoxy groups -OCH3 is 2. The largest absolute Gasteiger partial charge is 0.453 e. The molecule has 6 heterocycles. The fraction of sp³-hybridized carbons (Fsp3) is 0.340. The molecule has 0 spiro atoms. The van der Waals surface area contributed by atoms with E-state index in [4.69, 9.17) is 19.4 Å². The maximum Gasteiger partial charge on any atom is 0.407 e. The van der Waals surface area contributed by atoms with Crippen molar-refractivity contribution in [2.24, 2.45) is 5.92 Å². The van der Waals surface area contributed by atoms with Crippen LogP contribution in [0.3, 0.4) is 0 Å². The highest BCUT2D eigenvalue weighted by Gasteiger charge is 2.39. The number of ether oxygens (including phenoxy) is 2. The molecule has 2 aliphatic heterocycles. The second-order valence-electron chi connectivity index (χ2n) is 16.4. The number of alkyl carbamates (subject to hydrolysis) is 1. The molecule has 326 valence electrons. The zero-order valence-electron chi connectivity index (χ0n) is 35.5. The summed E-state index contributed by atoms with van der Waals surface area (Å²) in [5.74, 6) is 1.11. The fourth-order valence-electron chi connectivity index (χ4n) is 8.77. The number of hydrogen-bond donors (Lipinski definition) is 5. The highest BCUT2D eigenvalue weighted by Crippen LogP contribution is 2.43. The molecule has 63 heavy (non-hydrogen) atoms. The summed E-state index contributed by atoms with van der Waals surface area (Å²) in [6, 6.07) is 26.7. The van der Waals surface area contributed by atoms with Gasteiger partial charge in [-0.1, -0.05) is 74.5 Å². The Balaban J connectivity index is 0.875. The van der Waals surface area contributed by atoms with Gasteiger partial charge >= 0.3 is 6.09 Å². The minimum atomic E-state index is -1.29. The molecule has 16 heteroatoms. The first-order valence-corrected chi connectivity index (χ1v) is 22.9. The molecule has 5 atom stereocenters. The first-order valence-electron chi connectivity index (χ1n) is 21.2. The lowest BCUT2D eigenvalue weighted by Crippen LogP contribution is -2.51. The number of imidazole rings is 2. The van der Waals surface area contributed by atoms with Crippen molar-refractivity contribution in [1.82, 2.24) is 40.4 Å². The minimum absolute atomic E-state index is 0.103. The first kappa shape index (κ1) is 42.4. The normalized spacial score (nSPS) is 18.1. The summed E-state index contributed by atoms with van der Waals surface area (Å²) >= 11 is 3.53. The van der Waals surface area contributed by atoms with E-state index in [9.17, 15) is 19.5 Å². The quantitative estimate of drug-likeness (QED) is 0.0711. The number of carbonyl (C=O) groups excluding carboxylic acids is 3. The van der Waals surface area contributed by atoms with Crippen LogP contribution < -0.4 is 10.6 Å². The predicted molar refractivity (Wildman–Crippen MR) is 245 cm³/mol. The SMILES string of the molecule is COC(=O)N[C@H](C(=O)N1CCC[C@H]1c1nc2ccc(-c3cc4sc(-c5ccc(-c6cnc([C@@H]7CCCN7C(=O)[C@H](NC(O)OC)c7ccccc7)[nH]6)cc5)cc4s3)cc2[nH]1)C(C)C.